The van der Waals surface area contributed by atoms with Crippen molar-refractivity contribution in [3.05, 3.63) is 50.9 Å². The van der Waals surface area contributed by atoms with Crippen LogP contribution in [0.1, 0.15) is 37.9 Å². The Morgan fingerprint density at radius 3 is 2.57 bits per heavy atom. The van der Waals surface area contributed by atoms with E-state index in [0.29, 0.717) is 17.1 Å². The van der Waals surface area contributed by atoms with Crippen molar-refractivity contribution in [2.75, 3.05) is 29.9 Å². The van der Waals surface area contributed by atoms with Crippen LogP contribution in [0.4, 0.5) is 20.6 Å². The summed E-state index contributed by atoms with van der Waals surface area (Å²) in [5, 5.41) is 9.53. The number of anilines is 2. The highest BCUT2D eigenvalue weighted by molar-refractivity contribution is 6.30. The zero-order valence-corrected chi connectivity index (χ0v) is 21.7. The Kier molecular flexibility index (Phi) is 5.86. The number of fused-ring (bicyclic) bond motifs is 5. The summed E-state index contributed by atoms with van der Waals surface area (Å²) < 4.78 is 16.3. The lowest BCUT2D eigenvalue weighted by Crippen LogP contribution is -2.66. The van der Waals surface area contributed by atoms with E-state index in [1.165, 1.54) is 27.5 Å². The van der Waals surface area contributed by atoms with Gasteiger partial charge in [-0.1, -0.05) is 25.4 Å². The standard InChI is InChI=1S/C25H26ClFN6O4/c1-11(2)17-18(12(3)6-7-28-17)33-22-14(8-15(27)21(26)29-22)19-20(24(33)35)30(5)23(34)16-10-31(25(36)37)13(4)9-32(16)19/h6-8,11,13,16H,9-10H2,1-5H3,(H,36,37)/t13-,16-/m1/s1. The van der Waals surface area contributed by atoms with Crippen LogP contribution < -0.4 is 15.4 Å². The van der Waals surface area contributed by atoms with E-state index in [2.05, 4.69) is 9.97 Å². The highest BCUT2D eigenvalue weighted by Gasteiger charge is 2.46. The van der Waals surface area contributed by atoms with E-state index in [9.17, 15) is 23.9 Å². The maximum Gasteiger partial charge on any atom is 0.407 e. The van der Waals surface area contributed by atoms with Gasteiger partial charge in [0.2, 0.25) is 0 Å². The van der Waals surface area contributed by atoms with E-state index in [1.54, 1.807) is 24.1 Å². The number of hydrogen-bond donors (Lipinski definition) is 1. The Hall–Kier alpha value is -3.73. The number of carboxylic acid groups (broad SMARTS) is 1. The fourth-order valence-electron chi connectivity index (χ4n) is 5.35. The number of pyridine rings is 3. The number of aryl methyl sites for hydroxylation is 1. The van der Waals surface area contributed by atoms with Crippen molar-refractivity contribution in [1.82, 2.24) is 19.4 Å². The van der Waals surface area contributed by atoms with Crippen molar-refractivity contribution in [2.24, 2.45) is 0 Å². The quantitative estimate of drug-likeness (QED) is 0.506. The third-order valence-electron chi connectivity index (χ3n) is 7.16. The Labute approximate surface area is 216 Å². The van der Waals surface area contributed by atoms with Crippen molar-refractivity contribution in [3.8, 4) is 5.69 Å². The maximum absolute atomic E-state index is 14.9. The number of rotatable bonds is 2. The molecule has 2 aliphatic heterocycles. The number of amides is 2. The Bertz CT molecular complexity index is 1540. The first-order valence-electron chi connectivity index (χ1n) is 11.9. The number of likely N-dealkylation sites (N-methyl/N-ethyl adjacent to an activating group) is 1. The van der Waals surface area contributed by atoms with Gasteiger partial charge in [-0.3, -0.25) is 19.1 Å². The molecule has 37 heavy (non-hydrogen) atoms. The molecule has 0 aromatic carbocycles. The molecule has 0 unspecified atom stereocenters. The minimum atomic E-state index is -1.14. The summed E-state index contributed by atoms with van der Waals surface area (Å²) in [6.45, 7) is 7.49. The maximum atomic E-state index is 14.9. The first-order chi connectivity index (χ1) is 17.4. The van der Waals surface area contributed by atoms with Gasteiger partial charge >= 0.3 is 6.09 Å². The largest absolute Gasteiger partial charge is 0.465 e. The monoisotopic (exact) mass is 528 g/mol. The lowest BCUT2D eigenvalue weighted by atomic mass is 9.98. The predicted octanol–water partition coefficient (Wildman–Crippen LogP) is 3.54. The van der Waals surface area contributed by atoms with Crippen LogP contribution in [-0.4, -0.2) is 68.8 Å². The molecule has 1 fully saturated rings. The first kappa shape index (κ1) is 24.9. The highest BCUT2D eigenvalue weighted by Crippen LogP contribution is 2.42. The van der Waals surface area contributed by atoms with Crippen LogP contribution in [0.5, 0.6) is 0 Å². The number of piperazine rings is 1. The fourth-order valence-corrected chi connectivity index (χ4v) is 5.49. The number of carbonyl (C=O) groups is 2. The van der Waals surface area contributed by atoms with Gasteiger partial charge in [-0.2, -0.15) is 0 Å². The van der Waals surface area contributed by atoms with Crippen LogP contribution >= 0.6 is 11.6 Å². The lowest BCUT2D eigenvalue weighted by molar-refractivity contribution is -0.120. The van der Waals surface area contributed by atoms with Crippen LogP contribution in [0.3, 0.4) is 0 Å². The average molecular weight is 529 g/mol. The van der Waals surface area contributed by atoms with Crippen molar-refractivity contribution in [1.29, 1.82) is 0 Å². The molecule has 2 atom stereocenters. The zero-order chi connectivity index (χ0) is 26.9. The summed E-state index contributed by atoms with van der Waals surface area (Å²) >= 11 is 6.12. The van der Waals surface area contributed by atoms with E-state index in [-0.39, 0.29) is 35.7 Å². The van der Waals surface area contributed by atoms with Crippen LogP contribution in [0, 0.1) is 12.7 Å². The average Bonchev–Trinajstić information content (AvgIpc) is 2.83. The minimum Gasteiger partial charge on any atom is -0.465 e. The molecule has 0 saturated carbocycles. The van der Waals surface area contributed by atoms with Gasteiger partial charge in [0.05, 0.1) is 23.6 Å². The van der Waals surface area contributed by atoms with E-state index in [1.807, 2.05) is 20.8 Å². The minimum absolute atomic E-state index is 0.0579. The molecular formula is C25H26ClFN6O4. The van der Waals surface area contributed by atoms with Gasteiger partial charge in [0.15, 0.2) is 16.6 Å². The van der Waals surface area contributed by atoms with E-state index < -0.39 is 40.6 Å². The van der Waals surface area contributed by atoms with Crippen molar-refractivity contribution < 1.29 is 19.1 Å². The molecule has 2 amide bonds. The van der Waals surface area contributed by atoms with Gasteiger partial charge in [0.25, 0.3) is 11.5 Å². The molecular weight excluding hydrogens is 503 g/mol. The summed E-state index contributed by atoms with van der Waals surface area (Å²) in [6.07, 6.45) is 0.519. The van der Waals surface area contributed by atoms with Gasteiger partial charge < -0.3 is 19.8 Å². The number of carbonyl (C=O) groups excluding carboxylic acids is 1. The summed E-state index contributed by atoms with van der Waals surface area (Å²) in [7, 11) is 1.47. The Morgan fingerprint density at radius 1 is 1.22 bits per heavy atom. The second-order valence-corrected chi connectivity index (χ2v) is 10.2. The molecule has 2 aliphatic rings. The third kappa shape index (κ3) is 3.63. The molecule has 1 saturated heterocycles. The normalized spacial score (nSPS) is 19.5. The molecule has 3 aromatic rings. The molecule has 5 rings (SSSR count). The molecule has 3 aromatic heterocycles. The van der Waals surface area contributed by atoms with Crippen molar-refractivity contribution in [3.63, 3.8) is 0 Å². The van der Waals surface area contributed by atoms with E-state index in [4.69, 9.17) is 11.6 Å². The van der Waals surface area contributed by atoms with Crippen LogP contribution in [0.25, 0.3) is 16.7 Å². The summed E-state index contributed by atoms with van der Waals surface area (Å²) in [6, 6.07) is 1.62. The number of halogens is 2. The number of nitrogens with zero attached hydrogens (tertiary/aromatic N) is 6. The molecule has 5 heterocycles. The number of hydrogen-bond acceptors (Lipinski definition) is 6. The zero-order valence-electron chi connectivity index (χ0n) is 21.0. The second-order valence-electron chi connectivity index (χ2n) is 9.84. The Balaban J connectivity index is 1.91. The third-order valence-corrected chi connectivity index (χ3v) is 7.42. The molecule has 194 valence electrons. The van der Waals surface area contributed by atoms with Gasteiger partial charge in [-0.25, -0.2) is 14.2 Å². The summed E-state index contributed by atoms with van der Waals surface area (Å²) in [5.41, 5.74) is 1.87. The predicted molar refractivity (Wildman–Crippen MR) is 138 cm³/mol. The molecule has 10 nitrogen and oxygen atoms in total. The van der Waals surface area contributed by atoms with Crippen LogP contribution in [0.2, 0.25) is 5.15 Å². The molecule has 0 spiro atoms. The molecule has 0 aliphatic carbocycles. The second kappa shape index (κ2) is 8.69. The van der Waals surface area contributed by atoms with Crippen LogP contribution in [-0.2, 0) is 4.79 Å². The molecule has 1 N–H and O–H groups in total. The van der Waals surface area contributed by atoms with E-state index >= 15 is 0 Å². The number of aromatic nitrogens is 3. The first-order valence-corrected chi connectivity index (χ1v) is 12.3. The molecule has 12 heteroatoms. The van der Waals surface area contributed by atoms with Gasteiger partial charge in [0.1, 0.15) is 11.7 Å². The topological polar surface area (TPSA) is 112 Å². The molecule has 0 bridgehead atoms. The van der Waals surface area contributed by atoms with Crippen molar-refractivity contribution in [2.45, 2.75) is 45.7 Å². The SMILES string of the molecule is Cc1ccnc(C(C)C)c1-n1c(=O)c2c(c3cc(F)c(Cl)nc31)N1C[C@@H](C)N(C(=O)O)C[C@@H]1C(=O)N2C. The smallest absolute Gasteiger partial charge is 0.407 e. The van der Waals surface area contributed by atoms with Gasteiger partial charge in [0, 0.05) is 31.2 Å². The van der Waals surface area contributed by atoms with Gasteiger partial charge in [-0.15, -0.1) is 0 Å². The fraction of sp³-hybridized carbons (Fsp3) is 0.400. The van der Waals surface area contributed by atoms with Crippen LogP contribution in [0.15, 0.2) is 23.1 Å². The Morgan fingerprint density at radius 2 is 1.92 bits per heavy atom. The van der Waals surface area contributed by atoms with Crippen molar-refractivity contribution >= 4 is 46.0 Å². The lowest BCUT2D eigenvalue weighted by Gasteiger charge is -2.49. The summed E-state index contributed by atoms with van der Waals surface area (Å²) in [5.74, 6) is -1.26. The highest BCUT2D eigenvalue weighted by atomic mass is 35.5. The van der Waals surface area contributed by atoms with Gasteiger partial charge in [-0.05, 0) is 37.5 Å². The molecule has 0 radical (unpaired) electrons. The summed E-state index contributed by atoms with van der Waals surface area (Å²) in [4.78, 5) is 52.5. The van der Waals surface area contributed by atoms with E-state index in [0.717, 1.165) is 5.56 Å².